The number of hydrogen-bond donors (Lipinski definition) is 0. The average molecular weight is 325 g/mol. The second kappa shape index (κ2) is 6.56. The third kappa shape index (κ3) is 3.14. The van der Waals surface area contributed by atoms with Crippen molar-refractivity contribution in [3.63, 3.8) is 0 Å². The third-order valence-electron chi connectivity index (χ3n) is 4.82. The molecule has 0 amide bonds. The van der Waals surface area contributed by atoms with Crippen molar-refractivity contribution in [1.29, 1.82) is 0 Å². The quantitative estimate of drug-likeness (QED) is 0.851. The summed E-state index contributed by atoms with van der Waals surface area (Å²) >= 11 is 0. The van der Waals surface area contributed by atoms with Crippen LogP contribution in [-0.2, 0) is 14.8 Å². The molecule has 1 aromatic carbocycles. The minimum atomic E-state index is -3.39. The zero-order chi connectivity index (χ0) is 15.6. The van der Waals surface area contributed by atoms with E-state index in [-0.39, 0.29) is 0 Å². The summed E-state index contributed by atoms with van der Waals surface area (Å²) in [6, 6.07) is 6.63. The van der Waals surface area contributed by atoms with Gasteiger partial charge in [-0.15, -0.1) is 0 Å². The predicted octanol–water partition coefficient (Wildman–Crippen LogP) is 2.13. The monoisotopic (exact) mass is 325 g/mol. The largest absolute Gasteiger partial charge is 0.497 e. The summed E-state index contributed by atoms with van der Waals surface area (Å²) in [5.41, 5.74) is 0. The van der Waals surface area contributed by atoms with Gasteiger partial charge in [-0.1, -0.05) is 0 Å². The molecule has 2 fully saturated rings. The Morgan fingerprint density at radius 1 is 1.09 bits per heavy atom. The number of nitrogens with zero attached hydrogens (tertiary/aromatic N) is 1. The van der Waals surface area contributed by atoms with E-state index in [0.717, 1.165) is 32.5 Å². The first-order valence-electron chi connectivity index (χ1n) is 7.83. The standard InChI is InChI=1S/C16H23NO4S/c1-20-15-2-4-16(5-3-15)22(18,19)17-9-6-14(12-17)13-7-10-21-11-8-13/h2-5,13-14H,6-12H2,1H3. The van der Waals surface area contributed by atoms with Crippen LogP contribution in [0.4, 0.5) is 0 Å². The Morgan fingerprint density at radius 3 is 2.41 bits per heavy atom. The highest BCUT2D eigenvalue weighted by atomic mass is 32.2. The van der Waals surface area contributed by atoms with Gasteiger partial charge >= 0.3 is 0 Å². The van der Waals surface area contributed by atoms with Crippen molar-refractivity contribution in [3.05, 3.63) is 24.3 Å². The zero-order valence-electron chi connectivity index (χ0n) is 12.9. The molecule has 2 aliphatic rings. The first-order chi connectivity index (χ1) is 10.6. The van der Waals surface area contributed by atoms with Crippen molar-refractivity contribution < 1.29 is 17.9 Å². The van der Waals surface area contributed by atoms with E-state index >= 15 is 0 Å². The Morgan fingerprint density at radius 2 is 1.77 bits per heavy atom. The third-order valence-corrected chi connectivity index (χ3v) is 6.70. The Bertz CT molecular complexity index is 593. The van der Waals surface area contributed by atoms with Crippen LogP contribution in [0, 0.1) is 11.8 Å². The van der Waals surface area contributed by atoms with Crippen LogP contribution in [-0.4, -0.2) is 46.1 Å². The van der Waals surface area contributed by atoms with E-state index in [2.05, 4.69) is 0 Å². The summed E-state index contributed by atoms with van der Waals surface area (Å²) < 4.78 is 37.6. The Balaban J connectivity index is 1.70. The molecule has 0 radical (unpaired) electrons. The van der Waals surface area contributed by atoms with Gasteiger partial charge in [-0.25, -0.2) is 8.42 Å². The molecule has 3 rings (SSSR count). The van der Waals surface area contributed by atoms with E-state index in [0.29, 0.717) is 35.6 Å². The van der Waals surface area contributed by atoms with Crippen LogP contribution in [0.25, 0.3) is 0 Å². The lowest BCUT2D eigenvalue weighted by Gasteiger charge is -2.27. The first kappa shape index (κ1) is 15.8. The molecule has 1 aromatic rings. The van der Waals surface area contributed by atoms with Gasteiger partial charge in [0.1, 0.15) is 5.75 Å². The highest BCUT2D eigenvalue weighted by molar-refractivity contribution is 7.89. The van der Waals surface area contributed by atoms with Crippen molar-refractivity contribution in [1.82, 2.24) is 4.31 Å². The SMILES string of the molecule is COc1ccc(S(=O)(=O)N2CCC(C3CCOCC3)C2)cc1. The fourth-order valence-electron chi connectivity index (χ4n) is 3.44. The van der Waals surface area contributed by atoms with E-state index in [4.69, 9.17) is 9.47 Å². The molecular weight excluding hydrogens is 302 g/mol. The van der Waals surface area contributed by atoms with Gasteiger partial charge in [0.2, 0.25) is 10.0 Å². The van der Waals surface area contributed by atoms with Crippen LogP contribution in [0.2, 0.25) is 0 Å². The van der Waals surface area contributed by atoms with Crippen molar-refractivity contribution in [2.24, 2.45) is 11.8 Å². The van der Waals surface area contributed by atoms with Crippen LogP contribution in [0.5, 0.6) is 5.75 Å². The highest BCUT2D eigenvalue weighted by Crippen LogP contribution is 2.33. The molecule has 0 N–H and O–H groups in total. The van der Waals surface area contributed by atoms with Gasteiger partial charge in [0, 0.05) is 26.3 Å². The summed E-state index contributed by atoms with van der Waals surface area (Å²) in [6.07, 6.45) is 3.07. The Kier molecular flexibility index (Phi) is 4.70. The molecule has 0 aliphatic carbocycles. The van der Waals surface area contributed by atoms with Gasteiger partial charge in [0.15, 0.2) is 0 Å². The van der Waals surface area contributed by atoms with Crippen LogP contribution >= 0.6 is 0 Å². The molecule has 2 saturated heterocycles. The Hall–Kier alpha value is -1.11. The van der Waals surface area contributed by atoms with Crippen molar-refractivity contribution >= 4 is 10.0 Å². The van der Waals surface area contributed by atoms with Crippen LogP contribution in [0.1, 0.15) is 19.3 Å². The molecule has 0 spiro atoms. The summed E-state index contributed by atoms with van der Waals surface area (Å²) in [4.78, 5) is 0.348. The van der Waals surface area contributed by atoms with Crippen molar-refractivity contribution in [2.75, 3.05) is 33.4 Å². The topological polar surface area (TPSA) is 55.8 Å². The smallest absolute Gasteiger partial charge is 0.243 e. The molecule has 5 nitrogen and oxygen atoms in total. The van der Waals surface area contributed by atoms with E-state index in [1.165, 1.54) is 0 Å². The fourth-order valence-corrected chi connectivity index (χ4v) is 4.95. The number of rotatable bonds is 4. The van der Waals surface area contributed by atoms with E-state index in [1.54, 1.807) is 35.7 Å². The Labute approximate surface area is 132 Å². The van der Waals surface area contributed by atoms with E-state index < -0.39 is 10.0 Å². The highest BCUT2D eigenvalue weighted by Gasteiger charge is 2.36. The summed E-state index contributed by atoms with van der Waals surface area (Å²) in [5, 5.41) is 0. The molecule has 0 saturated carbocycles. The molecule has 0 bridgehead atoms. The summed E-state index contributed by atoms with van der Waals surface area (Å²) in [6.45, 7) is 2.88. The zero-order valence-corrected chi connectivity index (χ0v) is 13.7. The van der Waals surface area contributed by atoms with Crippen LogP contribution in [0.15, 0.2) is 29.2 Å². The second-order valence-electron chi connectivity index (χ2n) is 6.04. The number of sulfonamides is 1. The molecule has 1 atom stereocenters. The maximum absolute atomic E-state index is 12.7. The van der Waals surface area contributed by atoms with Gasteiger partial charge in [-0.3, -0.25) is 0 Å². The van der Waals surface area contributed by atoms with Gasteiger partial charge in [0.05, 0.1) is 12.0 Å². The lowest BCUT2D eigenvalue weighted by atomic mass is 9.85. The van der Waals surface area contributed by atoms with Gasteiger partial charge < -0.3 is 9.47 Å². The normalized spacial score (nSPS) is 24.5. The van der Waals surface area contributed by atoms with Crippen molar-refractivity contribution in [2.45, 2.75) is 24.2 Å². The average Bonchev–Trinajstić information content (AvgIpc) is 3.06. The van der Waals surface area contributed by atoms with Crippen LogP contribution < -0.4 is 4.74 Å². The molecule has 2 heterocycles. The number of benzene rings is 1. The minimum absolute atomic E-state index is 0.348. The molecule has 6 heteroatoms. The lowest BCUT2D eigenvalue weighted by molar-refractivity contribution is 0.0489. The molecular formula is C16H23NO4S. The fraction of sp³-hybridized carbons (Fsp3) is 0.625. The molecule has 22 heavy (non-hydrogen) atoms. The minimum Gasteiger partial charge on any atom is -0.497 e. The summed E-state index contributed by atoms with van der Waals surface area (Å²) in [7, 11) is -1.82. The second-order valence-corrected chi connectivity index (χ2v) is 7.98. The lowest BCUT2D eigenvalue weighted by Crippen LogP contribution is -2.31. The molecule has 122 valence electrons. The van der Waals surface area contributed by atoms with Gasteiger partial charge in [-0.2, -0.15) is 4.31 Å². The molecule has 1 unspecified atom stereocenters. The van der Waals surface area contributed by atoms with Crippen molar-refractivity contribution in [3.8, 4) is 5.75 Å². The maximum Gasteiger partial charge on any atom is 0.243 e. The van der Waals surface area contributed by atoms with E-state index in [9.17, 15) is 8.42 Å². The predicted molar refractivity (Wildman–Crippen MR) is 83.4 cm³/mol. The number of ether oxygens (including phenoxy) is 2. The maximum atomic E-state index is 12.7. The van der Waals surface area contributed by atoms with Crippen LogP contribution in [0.3, 0.4) is 0 Å². The van der Waals surface area contributed by atoms with Gasteiger partial charge in [0.25, 0.3) is 0 Å². The molecule has 2 aliphatic heterocycles. The number of methoxy groups -OCH3 is 1. The summed E-state index contributed by atoms with van der Waals surface area (Å²) in [5.74, 6) is 1.74. The van der Waals surface area contributed by atoms with E-state index in [1.807, 2.05) is 0 Å². The number of hydrogen-bond acceptors (Lipinski definition) is 4. The first-order valence-corrected chi connectivity index (χ1v) is 9.27. The van der Waals surface area contributed by atoms with Gasteiger partial charge in [-0.05, 0) is 55.4 Å². The molecule has 0 aromatic heterocycles.